The number of benzene rings is 2. The van der Waals surface area contributed by atoms with Crippen molar-refractivity contribution < 1.29 is 9.53 Å². The van der Waals surface area contributed by atoms with Gasteiger partial charge < -0.3 is 4.74 Å². The van der Waals surface area contributed by atoms with Crippen LogP contribution in [0.25, 0.3) is 0 Å². The zero-order valence-corrected chi connectivity index (χ0v) is 10.9. The second kappa shape index (κ2) is 4.88. The summed E-state index contributed by atoms with van der Waals surface area (Å²) in [5.74, 6) is 1.01. The van der Waals surface area contributed by atoms with E-state index in [0.717, 1.165) is 28.9 Å². The zero-order valence-electron chi connectivity index (χ0n) is 10.9. The van der Waals surface area contributed by atoms with Crippen molar-refractivity contribution in [3.05, 3.63) is 65.2 Å². The van der Waals surface area contributed by atoms with Crippen molar-refractivity contribution in [2.24, 2.45) is 5.92 Å². The first-order valence-electron chi connectivity index (χ1n) is 6.58. The number of Topliss-reactive ketones (excluding diaryl/α,β-unsaturated/α-hetero) is 1. The Hall–Kier alpha value is -2.09. The first-order chi connectivity index (χ1) is 9.25. The van der Waals surface area contributed by atoms with Crippen LogP contribution in [0.1, 0.15) is 28.4 Å². The van der Waals surface area contributed by atoms with Gasteiger partial charge in [0, 0.05) is 5.92 Å². The highest BCUT2D eigenvalue weighted by atomic mass is 16.5. The maximum Gasteiger partial charge on any atom is 0.169 e. The van der Waals surface area contributed by atoms with E-state index in [1.54, 1.807) is 0 Å². The molecule has 1 unspecified atom stereocenters. The monoisotopic (exact) mass is 252 g/mol. The summed E-state index contributed by atoms with van der Waals surface area (Å²) in [5, 5.41) is 0. The van der Waals surface area contributed by atoms with E-state index in [-0.39, 0.29) is 11.7 Å². The molecule has 1 aliphatic rings. The highest BCUT2D eigenvalue weighted by Crippen LogP contribution is 2.33. The molecule has 2 heteroatoms. The summed E-state index contributed by atoms with van der Waals surface area (Å²) in [5.41, 5.74) is 3.01. The molecule has 1 atom stereocenters. The molecule has 0 heterocycles. The molecule has 0 aliphatic heterocycles. The van der Waals surface area contributed by atoms with Gasteiger partial charge in [-0.3, -0.25) is 4.79 Å². The number of fused-ring (bicyclic) bond motifs is 1. The molecule has 0 aromatic heterocycles. The molecule has 0 spiro atoms. The van der Waals surface area contributed by atoms with Gasteiger partial charge in [-0.25, -0.2) is 0 Å². The predicted molar refractivity (Wildman–Crippen MR) is 74.4 cm³/mol. The zero-order chi connectivity index (χ0) is 13.2. The van der Waals surface area contributed by atoms with Crippen molar-refractivity contribution in [3.63, 3.8) is 0 Å². The third kappa shape index (κ3) is 2.26. The Morgan fingerprint density at radius 3 is 2.68 bits per heavy atom. The number of hydrogen-bond acceptors (Lipinski definition) is 2. The second-order valence-corrected chi connectivity index (χ2v) is 5.03. The fourth-order valence-corrected chi connectivity index (χ4v) is 2.55. The van der Waals surface area contributed by atoms with Crippen molar-refractivity contribution in [2.45, 2.75) is 20.0 Å². The van der Waals surface area contributed by atoms with Gasteiger partial charge in [-0.05, 0) is 23.6 Å². The minimum absolute atomic E-state index is 0.0801. The Morgan fingerprint density at radius 1 is 1.11 bits per heavy atom. The average Bonchev–Trinajstić information content (AvgIpc) is 2.74. The Kier molecular flexibility index (Phi) is 3.08. The van der Waals surface area contributed by atoms with E-state index in [9.17, 15) is 4.79 Å². The maximum absolute atomic E-state index is 12.1. The van der Waals surface area contributed by atoms with Gasteiger partial charge in [0.05, 0.1) is 5.56 Å². The minimum Gasteiger partial charge on any atom is -0.488 e. The highest BCUT2D eigenvalue weighted by Gasteiger charge is 2.29. The van der Waals surface area contributed by atoms with Crippen LogP contribution in [-0.4, -0.2) is 5.78 Å². The van der Waals surface area contributed by atoms with Crippen LogP contribution in [0.15, 0.2) is 48.5 Å². The summed E-state index contributed by atoms with van der Waals surface area (Å²) in [6, 6.07) is 15.9. The van der Waals surface area contributed by atoms with E-state index in [4.69, 9.17) is 4.74 Å². The third-order valence-corrected chi connectivity index (χ3v) is 3.57. The molecule has 0 amide bonds. The standard InChI is InChI=1S/C17H16O2/c1-12-10-14-8-5-9-15(16(14)17(12)18)19-11-13-6-3-2-4-7-13/h2-9,12H,10-11H2,1H3. The molecule has 2 aromatic carbocycles. The molecule has 0 bridgehead atoms. The van der Waals surface area contributed by atoms with Crippen molar-refractivity contribution in [1.29, 1.82) is 0 Å². The number of ether oxygens (including phenoxy) is 1. The van der Waals surface area contributed by atoms with Crippen LogP contribution in [0.5, 0.6) is 5.75 Å². The van der Waals surface area contributed by atoms with Gasteiger partial charge in [-0.2, -0.15) is 0 Å². The molecule has 2 aromatic rings. The van der Waals surface area contributed by atoms with Gasteiger partial charge >= 0.3 is 0 Å². The molecule has 19 heavy (non-hydrogen) atoms. The molecule has 0 N–H and O–H groups in total. The van der Waals surface area contributed by atoms with Gasteiger partial charge in [0.1, 0.15) is 12.4 Å². The molecular formula is C17H16O2. The summed E-state index contributed by atoms with van der Waals surface area (Å²) in [4.78, 5) is 12.1. The van der Waals surface area contributed by atoms with Crippen molar-refractivity contribution in [3.8, 4) is 5.75 Å². The van der Waals surface area contributed by atoms with Gasteiger partial charge in [-0.15, -0.1) is 0 Å². The van der Waals surface area contributed by atoms with E-state index in [2.05, 4.69) is 0 Å². The van der Waals surface area contributed by atoms with Crippen LogP contribution in [0, 0.1) is 5.92 Å². The topological polar surface area (TPSA) is 26.3 Å². The highest BCUT2D eigenvalue weighted by molar-refractivity contribution is 6.04. The molecular weight excluding hydrogens is 236 g/mol. The van der Waals surface area contributed by atoms with E-state index >= 15 is 0 Å². The number of carbonyl (C=O) groups excluding carboxylic acids is 1. The molecule has 3 rings (SSSR count). The molecule has 1 aliphatic carbocycles. The molecule has 0 fully saturated rings. The van der Waals surface area contributed by atoms with Crippen molar-refractivity contribution in [1.82, 2.24) is 0 Å². The lowest BCUT2D eigenvalue weighted by Crippen LogP contribution is -2.06. The molecule has 2 nitrogen and oxygen atoms in total. The van der Waals surface area contributed by atoms with Gasteiger partial charge in [-0.1, -0.05) is 49.4 Å². The number of hydrogen-bond donors (Lipinski definition) is 0. The van der Waals surface area contributed by atoms with Crippen molar-refractivity contribution >= 4 is 5.78 Å². The first kappa shape index (κ1) is 12.0. The summed E-state index contributed by atoms with van der Waals surface area (Å²) < 4.78 is 5.83. The Labute approximate surface area is 113 Å². The van der Waals surface area contributed by atoms with Crippen LogP contribution in [0.2, 0.25) is 0 Å². The second-order valence-electron chi connectivity index (χ2n) is 5.03. The number of carbonyl (C=O) groups is 1. The van der Waals surface area contributed by atoms with Crippen LogP contribution in [-0.2, 0) is 13.0 Å². The van der Waals surface area contributed by atoms with Crippen LogP contribution >= 0.6 is 0 Å². The summed E-state index contributed by atoms with van der Waals surface area (Å²) in [6.45, 7) is 2.47. The quantitative estimate of drug-likeness (QED) is 0.833. The lowest BCUT2D eigenvalue weighted by Gasteiger charge is -2.10. The normalized spacial score (nSPS) is 17.3. The fourth-order valence-electron chi connectivity index (χ4n) is 2.55. The van der Waals surface area contributed by atoms with E-state index in [0.29, 0.717) is 6.61 Å². The lowest BCUT2D eigenvalue weighted by molar-refractivity contribution is 0.0942. The Balaban J connectivity index is 1.84. The smallest absolute Gasteiger partial charge is 0.169 e. The van der Waals surface area contributed by atoms with Crippen LogP contribution in [0.3, 0.4) is 0 Å². The van der Waals surface area contributed by atoms with Gasteiger partial charge in [0.15, 0.2) is 5.78 Å². The van der Waals surface area contributed by atoms with Gasteiger partial charge in [0.25, 0.3) is 0 Å². The van der Waals surface area contributed by atoms with E-state index in [1.807, 2.05) is 55.5 Å². The Morgan fingerprint density at radius 2 is 1.89 bits per heavy atom. The van der Waals surface area contributed by atoms with Gasteiger partial charge in [0.2, 0.25) is 0 Å². The lowest BCUT2D eigenvalue weighted by atomic mass is 10.1. The fraction of sp³-hybridized carbons (Fsp3) is 0.235. The number of ketones is 1. The summed E-state index contributed by atoms with van der Waals surface area (Å²) >= 11 is 0. The summed E-state index contributed by atoms with van der Waals surface area (Å²) in [6.07, 6.45) is 0.830. The van der Waals surface area contributed by atoms with Crippen molar-refractivity contribution in [2.75, 3.05) is 0 Å². The molecule has 96 valence electrons. The Bertz CT molecular complexity index is 602. The average molecular weight is 252 g/mol. The summed E-state index contributed by atoms with van der Waals surface area (Å²) in [7, 11) is 0. The van der Waals surface area contributed by atoms with Crippen LogP contribution in [0.4, 0.5) is 0 Å². The predicted octanol–water partition coefficient (Wildman–Crippen LogP) is 3.64. The van der Waals surface area contributed by atoms with E-state index in [1.165, 1.54) is 0 Å². The molecule has 0 radical (unpaired) electrons. The third-order valence-electron chi connectivity index (χ3n) is 3.57. The van der Waals surface area contributed by atoms with E-state index < -0.39 is 0 Å². The first-order valence-corrected chi connectivity index (χ1v) is 6.58. The number of rotatable bonds is 3. The van der Waals surface area contributed by atoms with Crippen LogP contribution < -0.4 is 4.74 Å². The largest absolute Gasteiger partial charge is 0.488 e. The maximum atomic E-state index is 12.1. The SMILES string of the molecule is CC1Cc2cccc(OCc3ccccc3)c2C1=O. The molecule has 0 saturated carbocycles. The molecule has 0 saturated heterocycles. The minimum atomic E-state index is 0.0801.